The van der Waals surface area contributed by atoms with Crippen molar-refractivity contribution in [3.8, 4) is 0 Å². The first kappa shape index (κ1) is 6.01. The average Bonchev–Trinajstić information content (AvgIpc) is 1.61. The van der Waals surface area contributed by atoms with Crippen LogP contribution < -0.4 is 5.73 Å². The molecule has 1 amide bonds. The molecule has 0 saturated heterocycles. The molecule has 1 radical (unpaired) electrons. The Morgan fingerprint density at radius 2 is 2.43 bits per heavy atom. The van der Waals surface area contributed by atoms with Gasteiger partial charge in [0.15, 0.2) is 0 Å². The fraction of sp³-hybridized carbons (Fsp3) is 0.250. The topological polar surface area (TPSA) is 50.1 Å². The van der Waals surface area contributed by atoms with Crippen molar-refractivity contribution in [2.45, 2.75) is 0 Å². The van der Waals surface area contributed by atoms with E-state index in [2.05, 4.69) is 4.74 Å². The number of rotatable bonds is 2. The van der Waals surface area contributed by atoms with E-state index >= 15 is 0 Å². The largest absolute Gasteiger partial charge is 0.504 e. The molecule has 0 aliphatic rings. The first-order chi connectivity index (χ1) is 3.27. The van der Waals surface area contributed by atoms with Gasteiger partial charge in [0.1, 0.15) is 0 Å². The molecule has 0 spiro atoms. The Hall–Kier alpha value is -0.990. The zero-order chi connectivity index (χ0) is 5.70. The SMILES string of the molecule is CO/C=C/C([NH])=O. The predicted octanol–water partition coefficient (Wildman–Crippen LogP) is -0.0440. The van der Waals surface area contributed by atoms with Crippen molar-refractivity contribution in [2.75, 3.05) is 7.11 Å². The minimum absolute atomic E-state index is 0.748. The van der Waals surface area contributed by atoms with Crippen LogP contribution in [0.25, 0.3) is 0 Å². The summed E-state index contributed by atoms with van der Waals surface area (Å²) in [5, 5.41) is 0. The summed E-state index contributed by atoms with van der Waals surface area (Å²) in [5.41, 5.74) is 6.28. The molecule has 1 N–H and O–H groups in total. The van der Waals surface area contributed by atoms with E-state index in [0.29, 0.717) is 0 Å². The third kappa shape index (κ3) is 5.01. The molecule has 0 fully saturated rings. The molecule has 0 aromatic rings. The summed E-state index contributed by atoms with van der Waals surface area (Å²) in [6.07, 6.45) is 2.19. The highest BCUT2D eigenvalue weighted by Crippen LogP contribution is 1.68. The van der Waals surface area contributed by atoms with E-state index in [1.807, 2.05) is 0 Å². The van der Waals surface area contributed by atoms with Gasteiger partial charge in [-0.3, -0.25) is 10.5 Å². The average molecular weight is 100 g/mol. The number of methoxy groups -OCH3 is 1. The maximum absolute atomic E-state index is 9.70. The Labute approximate surface area is 41.8 Å². The van der Waals surface area contributed by atoms with E-state index < -0.39 is 5.91 Å². The van der Waals surface area contributed by atoms with Gasteiger partial charge in [-0.25, -0.2) is 0 Å². The Morgan fingerprint density at radius 1 is 1.86 bits per heavy atom. The van der Waals surface area contributed by atoms with Gasteiger partial charge in [0.2, 0.25) is 0 Å². The minimum Gasteiger partial charge on any atom is -0.504 e. The maximum Gasteiger partial charge on any atom is 0.265 e. The van der Waals surface area contributed by atoms with Crippen LogP contribution in [-0.4, -0.2) is 13.0 Å². The highest BCUT2D eigenvalue weighted by atomic mass is 16.5. The molecule has 0 bridgehead atoms. The predicted molar refractivity (Wildman–Crippen MR) is 24.3 cm³/mol. The monoisotopic (exact) mass is 100 g/mol. The highest BCUT2D eigenvalue weighted by molar-refractivity contribution is 5.84. The number of carbonyl (C=O) groups is 1. The zero-order valence-electron chi connectivity index (χ0n) is 3.97. The van der Waals surface area contributed by atoms with Crippen molar-refractivity contribution in [2.24, 2.45) is 0 Å². The molecule has 0 aromatic heterocycles. The normalized spacial score (nSPS) is 9.29. The van der Waals surface area contributed by atoms with Crippen LogP contribution in [0.1, 0.15) is 0 Å². The number of hydrogen-bond donors (Lipinski definition) is 0. The van der Waals surface area contributed by atoms with Gasteiger partial charge in [0.25, 0.3) is 5.91 Å². The fourth-order valence-corrected chi connectivity index (χ4v) is 0.130. The van der Waals surface area contributed by atoms with Gasteiger partial charge in [-0.05, 0) is 0 Å². The molecule has 0 atom stereocenters. The second-order valence-electron chi connectivity index (χ2n) is 0.903. The number of nitrogens with one attached hydrogen (secondary N) is 1. The first-order valence-electron chi connectivity index (χ1n) is 1.72. The molecule has 3 nitrogen and oxygen atoms in total. The van der Waals surface area contributed by atoms with Crippen LogP contribution in [0.15, 0.2) is 12.3 Å². The van der Waals surface area contributed by atoms with Crippen molar-refractivity contribution in [3.05, 3.63) is 12.3 Å². The quantitative estimate of drug-likeness (QED) is 0.361. The van der Waals surface area contributed by atoms with Crippen molar-refractivity contribution in [1.82, 2.24) is 5.73 Å². The summed E-state index contributed by atoms with van der Waals surface area (Å²) in [4.78, 5) is 9.70. The molecule has 7 heavy (non-hydrogen) atoms. The van der Waals surface area contributed by atoms with Crippen LogP contribution in [0.4, 0.5) is 0 Å². The van der Waals surface area contributed by atoms with Gasteiger partial charge >= 0.3 is 0 Å². The van der Waals surface area contributed by atoms with Gasteiger partial charge in [-0.15, -0.1) is 0 Å². The molecule has 0 heterocycles. The number of ether oxygens (including phenoxy) is 1. The Morgan fingerprint density at radius 3 is 2.57 bits per heavy atom. The van der Waals surface area contributed by atoms with Crippen LogP contribution >= 0.6 is 0 Å². The van der Waals surface area contributed by atoms with E-state index in [1.54, 1.807) is 0 Å². The second kappa shape index (κ2) is 3.21. The first-order valence-corrected chi connectivity index (χ1v) is 1.72. The van der Waals surface area contributed by atoms with Crippen LogP contribution in [-0.2, 0) is 9.53 Å². The van der Waals surface area contributed by atoms with Crippen LogP contribution in [0, 0.1) is 0 Å². The minimum atomic E-state index is -0.748. The van der Waals surface area contributed by atoms with Gasteiger partial charge in [0.05, 0.1) is 13.4 Å². The smallest absolute Gasteiger partial charge is 0.265 e. The van der Waals surface area contributed by atoms with Crippen molar-refractivity contribution >= 4 is 5.91 Å². The van der Waals surface area contributed by atoms with Crippen molar-refractivity contribution in [3.63, 3.8) is 0 Å². The molecule has 3 heteroatoms. The number of amides is 1. The lowest BCUT2D eigenvalue weighted by atomic mass is 10.6. The van der Waals surface area contributed by atoms with Gasteiger partial charge in [-0.2, -0.15) is 0 Å². The standard InChI is InChI=1S/C4H6NO2/c1-7-3-2-4(5)6/h2-3,5H,1H3/b3-2+. The summed E-state index contributed by atoms with van der Waals surface area (Å²) < 4.78 is 4.33. The Balaban J connectivity index is 3.26. The summed E-state index contributed by atoms with van der Waals surface area (Å²) in [7, 11) is 1.42. The van der Waals surface area contributed by atoms with Crippen LogP contribution in [0.3, 0.4) is 0 Å². The molecule has 0 unspecified atom stereocenters. The third-order valence-corrected chi connectivity index (χ3v) is 0.355. The maximum atomic E-state index is 9.70. The molecule has 39 valence electrons. The van der Waals surface area contributed by atoms with E-state index in [0.717, 1.165) is 12.3 Å². The summed E-state index contributed by atoms with van der Waals surface area (Å²) in [6, 6.07) is 0. The molecule has 0 rings (SSSR count). The molecular formula is C4H6NO2. The Bertz CT molecular complexity index is 87.7. The van der Waals surface area contributed by atoms with Gasteiger partial charge in [-0.1, -0.05) is 0 Å². The van der Waals surface area contributed by atoms with E-state index in [4.69, 9.17) is 5.73 Å². The zero-order valence-corrected chi connectivity index (χ0v) is 3.97. The van der Waals surface area contributed by atoms with E-state index in [9.17, 15) is 4.79 Å². The van der Waals surface area contributed by atoms with Crippen molar-refractivity contribution in [1.29, 1.82) is 0 Å². The van der Waals surface area contributed by atoms with Crippen LogP contribution in [0.5, 0.6) is 0 Å². The summed E-state index contributed by atoms with van der Waals surface area (Å²) in [6.45, 7) is 0. The van der Waals surface area contributed by atoms with Gasteiger partial charge in [0, 0.05) is 6.08 Å². The molecule has 0 aromatic carbocycles. The summed E-state index contributed by atoms with van der Waals surface area (Å²) >= 11 is 0. The summed E-state index contributed by atoms with van der Waals surface area (Å²) in [5.74, 6) is -0.748. The lowest BCUT2D eigenvalue weighted by Gasteiger charge is -1.79. The number of hydrogen-bond acceptors (Lipinski definition) is 2. The highest BCUT2D eigenvalue weighted by Gasteiger charge is 1.78. The third-order valence-electron chi connectivity index (χ3n) is 0.355. The molecule has 0 aliphatic heterocycles. The second-order valence-corrected chi connectivity index (χ2v) is 0.903. The van der Waals surface area contributed by atoms with Crippen LogP contribution in [0.2, 0.25) is 0 Å². The fourth-order valence-electron chi connectivity index (χ4n) is 0.130. The van der Waals surface area contributed by atoms with Gasteiger partial charge < -0.3 is 4.74 Å². The molecule has 0 aliphatic carbocycles. The lowest BCUT2D eigenvalue weighted by molar-refractivity contribution is -0.114. The lowest BCUT2D eigenvalue weighted by Crippen LogP contribution is -1.89. The van der Waals surface area contributed by atoms with Crippen molar-refractivity contribution < 1.29 is 9.53 Å². The van der Waals surface area contributed by atoms with E-state index in [1.165, 1.54) is 7.11 Å². The number of carbonyl (C=O) groups excluding carboxylic acids is 1. The Kier molecular flexibility index (Phi) is 2.76. The molecule has 0 saturated carbocycles. The van der Waals surface area contributed by atoms with E-state index in [-0.39, 0.29) is 0 Å². The molecular weight excluding hydrogens is 94.0 g/mol.